The number of hydrogen-bond donors (Lipinski definition) is 1. The molecule has 2 aromatic heterocycles. The molecule has 2 heterocycles. The van der Waals surface area contributed by atoms with Crippen LogP contribution in [-0.4, -0.2) is 19.4 Å². The number of hydrogen-bond acceptors (Lipinski definition) is 4. The standard InChI is InChI=1S/C19H14F3N5O/c1-26-17-16(10-23-26)25-18(12-3-5-13(20)6-4-12)27(19(17)28)24-9-11-2-7-14(21)15(22)8-11/h2-8,10,24H,9H2,1H3. The Morgan fingerprint density at radius 2 is 1.79 bits per heavy atom. The second-order valence-corrected chi connectivity index (χ2v) is 6.17. The fourth-order valence-corrected chi connectivity index (χ4v) is 2.88. The minimum Gasteiger partial charge on any atom is -0.317 e. The van der Waals surface area contributed by atoms with E-state index < -0.39 is 23.0 Å². The summed E-state index contributed by atoms with van der Waals surface area (Å²) in [4.78, 5) is 17.5. The van der Waals surface area contributed by atoms with Crippen molar-refractivity contribution >= 4 is 11.0 Å². The highest BCUT2D eigenvalue weighted by atomic mass is 19.2. The molecule has 0 fully saturated rings. The number of halogens is 3. The van der Waals surface area contributed by atoms with Crippen LogP contribution in [0.15, 0.2) is 53.5 Å². The Morgan fingerprint density at radius 1 is 1.04 bits per heavy atom. The molecule has 0 bridgehead atoms. The van der Waals surface area contributed by atoms with Gasteiger partial charge < -0.3 is 5.43 Å². The van der Waals surface area contributed by atoms with Gasteiger partial charge in [-0.1, -0.05) is 6.07 Å². The van der Waals surface area contributed by atoms with Gasteiger partial charge in [0.15, 0.2) is 23.0 Å². The van der Waals surface area contributed by atoms with E-state index in [1.165, 1.54) is 45.9 Å². The van der Waals surface area contributed by atoms with Gasteiger partial charge in [-0.05, 0) is 42.0 Å². The summed E-state index contributed by atoms with van der Waals surface area (Å²) in [6.07, 6.45) is 1.46. The minimum atomic E-state index is -0.981. The average Bonchev–Trinajstić information content (AvgIpc) is 3.05. The van der Waals surface area contributed by atoms with E-state index in [0.717, 1.165) is 12.1 Å². The third-order valence-corrected chi connectivity index (χ3v) is 4.29. The molecule has 0 amide bonds. The lowest BCUT2D eigenvalue weighted by molar-refractivity contribution is 0.507. The fourth-order valence-electron chi connectivity index (χ4n) is 2.88. The first-order valence-corrected chi connectivity index (χ1v) is 8.32. The lowest BCUT2D eigenvalue weighted by atomic mass is 10.2. The number of nitrogens with zero attached hydrogens (tertiary/aromatic N) is 4. The molecule has 4 rings (SSSR count). The summed E-state index contributed by atoms with van der Waals surface area (Å²) in [6.45, 7) is 0.0380. The Hall–Kier alpha value is -3.62. The van der Waals surface area contributed by atoms with Crippen LogP contribution in [-0.2, 0) is 13.6 Å². The third kappa shape index (κ3) is 3.11. The summed E-state index contributed by atoms with van der Waals surface area (Å²) in [7, 11) is 1.61. The monoisotopic (exact) mass is 385 g/mol. The lowest BCUT2D eigenvalue weighted by Gasteiger charge is -2.15. The molecular weight excluding hydrogens is 371 g/mol. The molecule has 4 aromatic rings. The highest BCUT2D eigenvalue weighted by molar-refractivity contribution is 5.76. The maximum atomic E-state index is 13.5. The van der Waals surface area contributed by atoms with E-state index in [9.17, 15) is 18.0 Å². The second-order valence-electron chi connectivity index (χ2n) is 6.17. The highest BCUT2D eigenvalue weighted by Crippen LogP contribution is 2.19. The molecule has 0 saturated heterocycles. The van der Waals surface area contributed by atoms with Gasteiger partial charge in [0.2, 0.25) is 0 Å². The maximum absolute atomic E-state index is 13.5. The van der Waals surface area contributed by atoms with Crippen molar-refractivity contribution < 1.29 is 13.2 Å². The lowest BCUT2D eigenvalue weighted by Crippen LogP contribution is -2.32. The molecule has 9 heteroatoms. The van der Waals surface area contributed by atoms with Crippen LogP contribution in [0, 0.1) is 17.5 Å². The Labute approximate surface area is 156 Å². The molecule has 142 valence electrons. The van der Waals surface area contributed by atoms with Crippen molar-refractivity contribution in [2.45, 2.75) is 6.54 Å². The SMILES string of the molecule is Cn1ncc2nc(-c3ccc(F)cc3)n(NCc3ccc(F)c(F)c3)c(=O)c21. The average molecular weight is 385 g/mol. The summed E-state index contributed by atoms with van der Waals surface area (Å²) in [6, 6.07) is 8.97. The van der Waals surface area contributed by atoms with Gasteiger partial charge in [0, 0.05) is 12.6 Å². The molecule has 0 saturated carbocycles. The molecule has 0 aliphatic carbocycles. The van der Waals surface area contributed by atoms with Crippen molar-refractivity contribution in [3.63, 3.8) is 0 Å². The molecule has 28 heavy (non-hydrogen) atoms. The quantitative estimate of drug-likeness (QED) is 0.587. The summed E-state index contributed by atoms with van der Waals surface area (Å²) >= 11 is 0. The second kappa shape index (κ2) is 6.84. The third-order valence-electron chi connectivity index (χ3n) is 4.29. The summed E-state index contributed by atoms with van der Waals surface area (Å²) in [5.41, 5.74) is 4.05. The first kappa shape index (κ1) is 17.8. The zero-order valence-electron chi connectivity index (χ0n) is 14.7. The smallest absolute Gasteiger partial charge is 0.298 e. The van der Waals surface area contributed by atoms with E-state index in [4.69, 9.17) is 0 Å². The Bertz CT molecular complexity index is 1230. The van der Waals surface area contributed by atoms with Gasteiger partial charge in [-0.2, -0.15) is 5.10 Å². The predicted molar refractivity (Wildman–Crippen MR) is 97.6 cm³/mol. The molecule has 1 N–H and O–H groups in total. The van der Waals surface area contributed by atoms with Gasteiger partial charge in [-0.25, -0.2) is 22.8 Å². The van der Waals surface area contributed by atoms with Gasteiger partial charge >= 0.3 is 0 Å². The van der Waals surface area contributed by atoms with Crippen LogP contribution >= 0.6 is 0 Å². The first-order chi connectivity index (χ1) is 13.4. The van der Waals surface area contributed by atoms with Crippen LogP contribution in [0.5, 0.6) is 0 Å². The molecule has 0 radical (unpaired) electrons. The van der Waals surface area contributed by atoms with Crippen molar-refractivity contribution in [1.29, 1.82) is 0 Å². The van der Waals surface area contributed by atoms with E-state index in [1.807, 2.05) is 0 Å². The summed E-state index contributed by atoms with van der Waals surface area (Å²) in [5, 5.41) is 4.05. The number of benzene rings is 2. The van der Waals surface area contributed by atoms with E-state index in [1.54, 1.807) is 7.05 Å². The zero-order valence-corrected chi connectivity index (χ0v) is 14.7. The molecule has 0 atom stereocenters. The van der Waals surface area contributed by atoms with Gasteiger partial charge in [-0.3, -0.25) is 9.48 Å². The number of aryl methyl sites for hydroxylation is 1. The number of aromatic nitrogens is 4. The molecule has 0 unspecified atom stereocenters. The van der Waals surface area contributed by atoms with Gasteiger partial charge in [0.05, 0.1) is 12.7 Å². The molecule has 0 aliphatic rings. The summed E-state index contributed by atoms with van der Waals surface area (Å²) in [5.74, 6) is -2.11. The van der Waals surface area contributed by atoms with Crippen LogP contribution in [0.3, 0.4) is 0 Å². The van der Waals surface area contributed by atoms with Crippen molar-refractivity contribution in [2.24, 2.45) is 7.05 Å². The molecule has 2 aromatic carbocycles. The predicted octanol–water partition coefficient (Wildman–Crippen LogP) is 2.96. The van der Waals surface area contributed by atoms with Crippen LogP contribution < -0.4 is 11.0 Å². The van der Waals surface area contributed by atoms with E-state index in [0.29, 0.717) is 16.6 Å². The Morgan fingerprint density at radius 3 is 2.50 bits per heavy atom. The van der Waals surface area contributed by atoms with Crippen molar-refractivity contribution in [3.8, 4) is 11.4 Å². The van der Waals surface area contributed by atoms with E-state index in [2.05, 4.69) is 15.5 Å². The van der Waals surface area contributed by atoms with Crippen LogP contribution in [0.2, 0.25) is 0 Å². The topological polar surface area (TPSA) is 64.7 Å². The number of rotatable bonds is 4. The number of fused-ring (bicyclic) bond motifs is 1. The minimum absolute atomic E-state index is 0.0380. The largest absolute Gasteiger partial charge is 0.317 e. The van der Waals surface area contributed by atoms with Crippen LogP contribution in [0.4, 0.5) is 13.2 Å². The van der Waals surface area contributed by atoms with Crippen molar-refractivity contribution in [3.05, 3.63) is 82.0 Å². The summed E-state index contributed by atoms with van der Waals surface area (Å²) < 4.78 is 42.5. The fraction of sp³-hybridized carbons (Fsp3) is 0.105. The molecular formula is C19H14F3N5O. The van der Waals surface area contributed by atoms with E-state index in [-0.39, 0.29) is 17.9 Å². The van der Waals surface area contributed by atoms with Gasteiger partial charge in [0.25, 0.3) is 5.56 Å². The first-order valence-electron chi connectivity index (χ1n) is 8.32. The zero-order chi connectivity index (χ0) is 19.8. The Balaban J connectivity index is 1.82. The molecule has 0 spiro atoms. The number of nitrogens with one attached hydrogen (secondary N) is 1. The molecule has 0 aliphatic heterocycles. The Kier molecular flexibility index (Phi) is 4.34. The normalized spacial score (nSPS) is 11.1. The van der Waals surface area contributed by atoms with Crippen molar-refractivity contribution in [2.75, 3.05) is 5.43 Å². The van der Waals surface area contributed by atoms with Crippen molar-refractivity contribution in [1.82, 2.24) is 19.4 Å². The van der Waals surface area contributed by atoms with Gasteiger partial charge in [0.1, 0.15) is 11.3 Å². The van der Waals surface area contributed by atoms with E-state index >= 15 is 0 Å². The highest BCUT2D eigenvalue weighted by Gasteiger charge is 2.16. The maximum Gasteiger partial charge on any atom is 0.298 e. The van der Waals surface area contributed by atoms with Crippen LogP contribution in [0.1, 0.15) is 5.56 Å². The molecule has 6 nitrogen and oxygen atoms in total. The van der Waals surface area contributed by atoms with Crippen LogP contribution in [0.25, 0.3) is 22.4 Å². The van der Waals surface area contributed by atoms with Gasteiger partial charge in [-0.15, -0.1) is 0 Å².